The third-order valence-electron chi connectivity index (χ3n) is 2.37. The summed E-state index contributed by atoms with van der Waals surface area (Å²) in [5, 5.41) is 6.31. The lowest BCUT2D eigenvalue weighted by Gasteiger charge is -2.25. The summed E-state index contributed by atoms with van der Waals surface area (Å²) in [5.74, 6) is -1.17. The van der Waals surface area contributed by atoms with Crippen LogP contribution in [0.25, 0.3) is 0 Å². The summed E-state index contributed by atoms with van der Waals surface area (Å²) in [6.45, 7) is 2.76. The largest absolute Gasteiger partial charge is 0.468 e. The van der Waals surface area contributed by atoms with Crippen molar-refractivity contribution in [3.05, 3.63) is 11.8 Å². The molecule has 1 aliphatic heterocycles. The fraction of sp³-hybridized carbons (Fsp3) is 0.545. The van der Waals surface area contributed by atoms with Gasteiger partial charge in [-0.1, -0.05) is 6.92 Å². The Kier molecular flexibility index (Phi) is 3.93. The average Bonchev–Trinajstić information content (AvgIpc) is 2.71. The van der Waals surface area contributed by atoms with Gasteiger partial charge in [-0.05, 0) is 6.42 Å². The minimum Gasteiger partial charge on any atom is -0.468 e. The standard InChI is InChI=1S/C11H14N2O5/c1-2-3-9(14)18-11(15)8-4-12-13-10(8)17-7-5-16-6-7/h4,7H,2-3,5-6H2,1H3,(H,12,13). The first-order valence-electron chi connectivity index (χ1n) is 5.74. The molecule has 2 rings (SSSR count). The van der Waals surface area contributed by atoms with Gasteiger partial charge in [-0.2, -0.15) is 0 Å². The van der Waals surface area contributed by atoms with Crippen LogP contribution in [-0.2, 0) is 14.3 Å². The second-order valence-electron chi connectivity index (χ2n) is 3.89. The summed E-state index contributed by atoms with van der Waals surface area (Å²) in [7, 11) is 0. The van der Waals surface area contributed by atoms with E-state index in [1.165, 1.54) is 6.20 Å². The molecule has 0 unspecified atom stereocenters. The van der Waals surface area contributed by atoms with E-state index in [1.54, 1.807) is 0 Å². The van der Waals surface area contributed by atoms with Crippen LogP contribution in [0.2, 0.25) is 0 Å². The van der Waals surface area contributed by atoms with Crippen molar-refractivity contribution in [1.82, 2.24) is 10.2 Å². The van der Waals surface area contributed by atoms with Crippen LogP contribution in [0, 0.1) is 0 Å². The maximum atomic E-state index is 11.7. The molecular formula is C11H14N2O5. The minimum absolute atomic E-state index is 0.105. The predicted octanol–water partition coefficient (Wildman–Crippen LogP) is 0.671. The van der Waals surface area contributed by atoms with Crippen molar-refractivity contribution in [3.8, 4) is 5.88 Å². The van der Waals surface area contributed by atoms with E-state index < -0.39 is 11.9 Å². The Bertz CT molecular complexity index is 438. The van der Waals surface area contributed by atoms with Gasteiger partial charge in [-0.15, -0.1) is 5.10 Å². The van der Waals surface area contributed by atoms with Crippen molar-refractivity contribution >= 4 is 11.9 Å². The molecule has 7 nitrogen and oxygen atoms in total. The van der Waals surface area contributed by atoms with E-state index >= 15 is 0 Å². The van der Waals surface area contributed by atoms with Gasteiger partial charge >= 0.3 is 11.9 Å². The number of rotatable bonds is 5. The smallest absolute Gasteiger partial charge is 0.352 e. The Morgan fingerprint density at radius 2 is 2.33 bits per heavy atom. The van der Waals surface area contributed by atoms with E-state index in [-0.39, 0.29) is 24.0 Å². The zero-order chi connectivity index (χ0) is 13.0. The quantitative estimate of drug-likeness (QED) is 0.613. The van der Waals surface area contributed by atoms with Gasteiger partial charge in [0.1, 0.15) is 11.7 Å². The third-order valence-corrected chi connectivity index (χ3v) is 2.37. The highest BCUT2D eigenvalue weighted by atomic mass is 16.6. The van der Waals surface area contributed by atoms with E-state index in [0.29, 0.717) is 19.6 Å². The van der Waals surface area contributed by atoms with Crippen LogP contribution < -0.4 is 4.74 Å². The van der Waals surface area contributed by atoms with Crippen molar-refractivity contribution < 1.29 is 23.8 Å². The normalized spacial score (nSPS) is 14.9. The van der Waals surface area contributed by atoms with E-state index in [1.807, 2.05) is 6.92 Å². The molecule has 0 aromatic carbocycles. The summed E-state index contributed by atoms with van der Waals surface area (Å²) in [6.07, 6.45) is 2.07. The highest BCUT2D eigenvalue weighted by molar-refractivity contribution is 5.98. The number of H-pyrrole nitrogens is 1. The monoisotopic (exact) mass is 254 g/mol. The first-order valence-corrected chi connectivity index (χ1v) is 5.74. The van der Waals surface area contributed by atoms with Gasteiger partial charge in [-0.3, -0.25) is 9.89 Å². The molecule has 1 saturated heterocycles. The molecule has 98 valence electrons. The lowest BCUT2D eigenvalue weighted by molar-refractivity contribution is -0.138. The molecule has 0 spiro atoms. The molecular weight excluding hydrogens is 240 g/mol. The van der Waals surface area contributed by atoms with Crippen LogP contribution in [-0.4, -0.2) is 41.5 Å². The molecule has 1 N–H and O–H groups in total. The Morgan fingerprint density at radius 1 is 1.56 bits per heavy atom. The lowest BCUT2D eigenvalue weighted by atomic mass is 10.3. The first-order chi connectivity index (χ1) is 8.70. The lowest BCUT2D eigenvalue weighted by Crippen LogP contribution is -2.39. The Hall–Kier alpha value is -1.89. The van der Waals surface area contributed by atoms with Crippen molar-refractivity contribution in [3.63, 3.8) is 0 Å². The van der Waals surface area contributed by atoms with E-state index in [9.17, 15) is 9.59 Å². The van der Waals surface area contributed by atoms with Crippen LogP contribution in [0.4, 0.5) is 0 Å². The molecule has 18 heavy (non-hydrogen) atoms. The molecule has 1 aromatic rings. The second kappa shape index (κ2) is 5.63. The van der Waals surface area contributed by atoms with Gasteiger partial charge in [0.25, 0.3) is 0 Å². The van der Waals surface area contributed by atoms with Gasteiger partial charge in [0.15, 0.2) is 0 Å². The number of aromatic amines is 1. The van der Waals surface area contributed by atoms with Crippen LogP contribution in [0.5, 0.6) is 5.88 Å². The summed E-state index contributed by atoms with van der Waals surface area (Å²) >= 11 is 0. The fourth-order valence-corrected chi connectivity index (χ4v) is 1.37. The molecule has 0 amide bonds. The van der Waals surface area contributed by atoms with Gasteiger partial charge in [0.05, 0.1) is 13.2 Å². The molecule has 0 bridgehead atoms. The number of esters is 2. The Balaban J connectivity index is 1.96. The molecule has 2 heterocycles. The van der Waals surface area contributed by atoms with Crippen LogP contribution >= 0.6 is 0 Å². The van der Waals surface area contributed by atoms with Crippen LogP contribution in [0.1, 0.15) is 30.1 Å². The molecule has 1 fully saturated rings. The van der Waals surface area contributed by atoms with Gasteiger partial charge in [-0.25, -0.2) is 4.79 Å². The highest BCUT2D eigenvalue weighted by Crippen LogP contribution is 2.19. The molecule has 0 saturated carbocycles. The number of hydrogen-bond donors (Lipinski definition) is 1. The molecule has 0 atom stereocenters. The average molecular weight is 254 g/mol. The van der Waals surface area contributed by atoms with Crippen LogP contribution in [0.3, 0.4) is 0 Å². The number of carbonyl (C=O) groups excluding carboxylic acids is 2. The molecule has 0 radical (unpaired) electrons. The number of hydrogen-bond acceptors (Lipinski definition) is 6. The molecule has 0 aliphatic carbocycles. The third kappa shape index (κ3) is 2.86. The van der Waals surface area contributed by atoms with Gasteiger partial charge in [0.2, 0.25) is 5.88 Å². The van der Waals surface area contributed by atoms with Crippen molar-refractivity contribution in [2.24, 2.45) is 0 Å². The first kappa shape index (κ1) is 12.6. The number of carbonyl (C=O) groups is 2. The SMILES string of the molecule is CCCC(=O)OC(=O)c1c[nH]nc1OC1COC1. The second-order valence-corrected chi connectivity index (χ2v) is 3.89. The number of aromatic nitrogens is 2. The van der Waals surface area contributed by atoms with Crippen molar-refractivity contribution in [2.45, 2.75) is 25.9 Å². The summed E-state index contributed by atoms with van der Waals surface area (Å²) in [5.41, 5.74) is 0.117. The predicted molar refractivity (Wildman–Crippen MR) is 59.2 cm³/mol. The zero-order valence-electron chi connectivity index (χ0n) is 9.97. The number of nitrogens with one attached hydrogen (secondary N) is 1. The maximum absolute atomic E-state index is 11.7. The Labute approximate surface area is 103 Å². The van der Waals surface area contributed by atoms with Crippen LogP contribution in [0.15, 0.2) is 6.20 Å². The van der Waals surface area contributed by atoms with E-state index in [4.69, 9.17) is 9.47 Å². The Morgan fingerprint density at radius 3 is 2.94 bits per heavy atom. The van der Waals surface area contributed by atoms with E-state index in [2.05, 4.69) is 14.9 Å². The van der Waals surface area contributed by atoms with E-state index in [0.717, 1.165) is 0 Å². The van der Waals surface area contributed by atoms with Gasteiger partial charge in [0, 0.05) is 12.6 Å². The topological polar surface area (TPSA) is 90.5 Å². The van der Waals surface area contributed by atoms with Crippen molar-refractivity contribution in [2.75, 3.05) is 13.2 Å². The highest BCUT2D eigenvalue weighted by Gasteiger charge is 2.26. The number of nitrogens with zero attached hydrogens (tertiary/aromatic N) is 1. The summed E-state index contributed by atoms with van der Waals surface area (Å²) < 4.78 is 15.0. The van der Waals surface area contributed by atoms with Gasteiger partial charge < -0.3 is 14.2 Å². The fourth-order valence-electron chi connectivity index (χ4n) is 1.37. The maximum Gasteiger partial charge on any atom is 0.352 e. The van der Waals surface area contributed by atoms with Crippen molar-refractivity contribution in [1.29, 1.82) is 0 Å². The zero-order valence-corrected chi connectivity index (χ0v) is 9.97. The summed E-state index contributed by atoms with van der Waals surface area (Å²) in [6, 6.07) is 0. The minimum atomic E-state index is -0.752. The summed E-state index contributed by atoms with van der Waals surface area (Å²) in [4.78, 5) is 22.9. The molecule has 1 aromatic heterocycles. The molecule has 7 heteroatoms. The number of ether oxygens (including phenoxy) is 3. The molecule has 1 aliphatic rings.